The number of aryl methyl sites for hydroxylation is 2. The summed E-state index contributed by atoms with van der Waals surface area (Å²) in [5, 5.41) is 4.02. The van der Waals surface area contributed by atoms with Crippen molar-refractivity contribution in [3.05, 3.63) is 23.7 Å². The Morgan fingerprint density at radius 2 is 2.10 bits per heavy atom. The first-order chi connectivity index (χ1) is 14.1. The van der Waals surface area contributed by atoms with E-state index in [0.29, 0.717) is 43.5 Å². The molecule has 1 saturated heterocycles. The van der Waals surface area contributed by atoms with Crippen molar-refractivity contribution in [2.24, 2.45) is 7.05 Å². The first kappa shape index (κ1) is 22.4. The van der Waals surface area contributed by atoms with Crippen LogP contribution < -0.4 is 0 Å². The number of aromatic nitrogens is 4. The Morgan fingerprint density at radius 3 is 2.67 bits per heavy atom. The molecule has 3 heterocycles. The van der Waals surface area contributed by atoms with Crippen molar-refractivity contribution in [3.8, 4) is 0 Å². The van der Waals surface area contributed by atoms with Gasteiger partial charge in [0.2, 0.25) is 11.8 Å². The van der Waals surface area contributed by atoms with Crippen molar-refractivity contribution >= 4 is 15.9 Å². The van der Waals surface area contributed by atoms with Crippen LogP contribution in [0.1, 0.15) is 57.1 Å². The monoisotopic (exact) mass is 438 g/mol. The largest absolute Gasteiger partial charge is 0.339 e. The summed E-state index contributed by atoms with van der Waals surface area (Å²) in [7, 11) is -1.94. The van der Waals surface area contributed by atoms with Gasteiger partial charge in [-0.25, -0.2) is 13.4 Å². The van der Waals surface area contributed by atoms with Crippen LogP contribution in [0, 0.1) is 6.92 Å². The van der Waals surface area contributed by atoms with Crippen LogP contribution in [0.2, 0.25) is 0 Å². The second-order valence-electron chi connectivity index (χ2n) is 8.06. The lowest BCUT2D eigenvalue weighted by Gasteiger charge is -2.38. The van der Waals surface area contributed by atoms with Crippen molar-refractivity contribution in [3.63, 3.8) is 0 Å². The Hall–Kier alpha value is -2.27. The summed E-state index contributed by atoms with van der Waals surface area (Å²) in [5.74, 6) is 1.80. The Labute approximate surface area is 177 Å². The lowest BCUT2D eigenvalue weighted by Crippen LogP contribution is -2.51. The number of sulfonamides is 1. The number of carbonyl (C=O) groups is 1. The molecule has 0 aromatic carbocycles. The minimum atomic E-state index is -3.71. The van der Waals surface area contributed by atoms with E-state index in [9.17, 15) is 13.2 Å². The van der Waals surface area contributed by atoms with Crippen molar-refractivity contribution in [2.75, 3.05) is 19.6 Å². The maximum absolute atomic E-state index is 13.1. The zero-order valence-corrected chi connectivity index (χ0v) is 19.0. The van der Waals surface area contributed by atoms with Gasteiger partial charge in [-0.05, 0) is 19.8 Å². The second-order valence-corrected chi connectivity index (χ2v) is 9.95. The van der Waals surface area contributed by atoms with Crippen molar-refractivity contribution in [1.82, 2.24) is 28.9 Å². The zero-order valence-electron chi connectivity index (χ0n) is 18.2. The molecule has 1 aliphatic rings. The second kappa shape index (κ2) is 8.84. The van der Waals surface area contributed by atoms with Gasteiger partial charge >= 0.3 is 0 Å². The first-order valence-electron chi connectivity index (χ1n) is 10.2. The molecule has 1 unspecified atom stereocenters. The van der Waals surface area contributed by atoms with Gasteiger partial charge in [-0.1, -0.05) is 19.0 Å². The molecular formula is C19H30N6O4S. The summed E-state index contributed by atoms with van der Waals surface area (Å²) in [6.45, 7) is 8.29. The van der Waals surface area contributed by atoms with E-state index in [1.807, 2.05) is 13.8 Å². The van der Waals surface area contributed by atoms with Crippen molar-refractivity contribution < 1.29 is 17.7 Å². The number of nitrogens with zero attached hydrogens (tertiary/aromatic N) is 6. The Morgan fingerprint density at radius 1 is 1.37 bits per heavy atom. The quantitative estimate of drug-likeness (QED) is 0.643. The Bertz CT molecular complexity index is 977. The summed E-state index contributed by atoms with van der Waals surface area (Å²) in [6.07, 6.45) is 3.41. The van der Waals surface area contributed by atoms with Gasteiger partial charge in [-0.15, -0.1) is 0 Å². The van der Waals surface area contributed by atoms with Crippen molar-refractivity contribution in [2.45, 2.75) is 63.9 Å². The summed E-state index contributed by atoms with van der Waals surface area (Å²) in [5.41, 5.74) is 0. The highest BCUT2D eigenvalue weighted by atomic mass is 32.2. The summed E-state index contributed by atoms with van der Waals surface area (Å²) >= 11 is 0. The van der Waals surface area contributed by atoms with Crippen LogP contribution in [0.4, 0.5) is 0 Å². The number of imidazole rings is 1. The zero-order chi connectivity index (χ0) is 22.1. The molecule has 0 spiro atoms. The number of carbonyl (C=O) groups excluding carboxylic acids is 1. The molecule has 1 atom stereocenters. The van der Waals surface area contributed by atoms with Gasteiger partial charge in [0, 0.05) is 58.2 Å². The van der Waals surface area contributed by atoms with E-state index in [1.54, 1.807) is 23.4 Å². The standard InChI is InChI=1S/C19H30N6O4S/c1-13(2)19-21-17(22-29-19)8-10-25(15(4)26)16-7-6-9-24(11-16)30(27,28)18-12-23(5)14(3)20-18/h12-13,16H,6-11H2,1-5H3. The summed E-state index contributed by atoms with van der Waals surface area (Å²) in [6, 6.07) is -0.202. The van der Waals surface area contributed by atoms with Gasteiger partial charge in [-0.2, -0.15) is 9.29 Å². The maximum atomic E-state index is 13.1. The molecule has 3 rings (SSSR count). The normalized spacial score (nSPS) is 18.1. The fourth-order valence-corrected chi connectivity index (χ4v) is 5.14. The van der Waals surface area contributed by atoms with E-state index < -0.39 is 10.0 Å². The van der Waals surface area contributed by atoms with E-state index in [2.05, 4.69) is 15.1 Å². The van der Waals surface area contributed by atoms with Gasteiger partial charge in [0.15, 0.2) is 10.9 Å². The van der Waals surface area contributed by atoms with Crippen LogP contribution >= 0.6 is 0 Å². The lowest BCUT2D eigenvalue weighted by molar-refractivity contribution is -0.131. The molecule has 0 radical (unpaired) electrons. The smallest absolute Gasteiger partial charge is 0.262 e. The van der Waals surface area contributed by atoms with Crippen LogP contribution in [-0.2, 0) is 28.3 Å². The minimum Gasteiger partial charge on any atom is -0.339 e. The van der Waals surface area contributed by atoms with Crippen LogP contribution in [-0.4, -0.2) is 68.9 Å². The predicted octanol–water partition coefficient (Wildman–Crippen LogP) is 1.48. The molecular weight excluding hydrogens is 408 g/mol. The molecule has 2 aromatic heterocycles. The van der Waals surface area contributed by atoms with Gasteiger partial charge in [0.05, 0.1) is 0 Å². The lowest BCUT2D eigenvalue weighted by atomic mass is 10.1. The van der Waals surface area contributed by atoms with Crippen LogP contribution in [0.3, 0.4) is 0 Å². The van der Waals surface area contributed by atoms with Gasteiger partial charge < -0.3 is 14.0 Å². The Kier molecular flexibility index (Phi) is 6.61. The molecule has 10 nitrogen and oxygen atoms in total. The summed E-state index contributed by atoms with van der Waals surface area (Å²) < 4.78 is 34.4. The molecule has 0 aliphatic carbocycles. The predicted molar refractivity (Wildman–Crippen MR) is 109 cm³/mol. The molecule has 11 heteroatoms. The highest BCUT2D eigenvalue weighted by Crippen LogP contribution is 2.23. The fraction of sp³-hybridized carbons (Fsp3) is 0.684. The number of amides is 1. The molecule has 1 fully saturated rings. The van der Waals surface area contributed by atoms with E-state index in [4.69, 9.17) is 4.52 Å². The number of hydrogen-bond acceptors (Lipinski definition) is 7. The average Bonchev–Trinajstić information content (AvgIpc) is 3.29. The number of piperidine rings is 1. The van der Waals surface area contributed by atoms with Gasteiger partial charge in [0.25, 0.3) is 10.0 Å². The van der Waals surface area contributed by atoms with E-state index in [0.717, 1.165) is 6.42 Å². The SMILES string of the molecule is CC(=O)N(CCc1noc(C(C)C)n1)C1CCCN(S(=O)(=O)c2cn(C)c(C)n2)C1. The molecule has 1 amide bonds. The third-order valence-corrected chi connectivity index (χ3v) is 7.19. The van der Waals surface area contributed by atoms with Gasteiger partial charge in [0.1, 0.15) is 5.82 Å². The third kappa shape index (κ3) is 4.72. The number of hydrogen-bond donors (Lipinski definition) is 0. The highest BCUT2D eigenvalue weighted by molar-refractivity contribution is 7.89. The van der Waals surface area contributed by atoms with Gasteiger partial charge in [-0.3, -0.25) is 4.79 Å². The average molecular weight is 439 g/mol. The van der Waals surface area contributed by atoms with E-state index in [-0.39, 0.29) is 29.4 Å². The Balaban J connectivity index is 1.71. The molecule has 166 valence electrons. The highest BCUT2D eigenvalue weighted by Gasteiger charge is 2.35. The van der Waals surface area contributed by atoms with Crippen LogP contribution in [0.15, 0.2) is 15.7 Å². The molecule has 0 bridgehead atoms. The number of rotatable bonds is 7. The summed E-state index contributed by atoms with van der Waals surface area (Å²) in [4.78, 5) is 22.6. The molecule has 0 N–H and O–H groups in total. The van der Waals surface area contributed by atoms with E-state index >= 15 is 0 Å². The molecule has 30 heavy (non-hydrogen) atoms. The molecule has 2 aromatic rings. The molecule has 0 saturated carbocycles. The first-order valence-corrected chi connectivity index (χ1v) is 11.6. The minimum absolute atomic E-state index is 0.0468. The van der Waals surface area contributed by atoms with E-state index in [1.165, 1.54) is 17.4 Å². The van der Waals surface area contributed by atoms with Crippen molar-refractivity contribution in [1.29, 1.82) is 0 Å². The van der Waals surface area contributed by atoms with Crippen LogP contribution in [0.25, 0.3) is 0 Å². The van der Waals surface area contributed by atoms with Crippen LogP contribution in [0.5, 0.6) is 0 Å². The third-order valence-electron chi connectivity index (χ3n) is 5.45. The maximum Gasteiger partial charge on any atom is 0.262 e. The fourth-order valence-electron chi connectivity index (χ4n) is 3.60. The topological polar surface area (TPSA) is 114 Å². The molecule has 1 aliphatic heterocycles.